The summed E-state index contributed by atoms with van der Waals surface area (Å²) in [5.41, 5.74) is 0.673. The van der Waals surface area contributed by atoms with Gasteiger partial charge >= 0.3 is 0 Å². The number of carbonyl (C=O) groups excluding carboxylic acids is 1. The van der Waals surface area contributed by atoms with E-state index in [0.29, 0.717) is 11.5 Å². The highest BCUT2D eigenvalue weighted by molar-refractivity contribution is 5.94. The Kier molecular flexibility index (Phi) is 5.39. The normalized spacial score (nSPS) is 22.3. The van der Waals surface area contributed by atoms with Crippen molar-refractivity contribution in [2.75, 3.05) is 18.9 Å². The second-order valence-corrected chi connectivity index (χ2v) is 5.68. The van der Waals surface area contributed by atoms with Gasteiger partial charge in [0.1, 0.15) is 5.82 Å². The van der Waals surface area contributed by atoms with Crippen molar-refractivity contribution in [1.29, 1.82) is 0 Å². The molecule has 0 radical (unpaired) electrons. The van der Waals surface area contributed by atoms with E-state index in [-0.39, 0.29) is 5.91 Å². The molecule has 1 aliphatic carbocycles. The van der Waals surface area contributed by atoms with Gasteiger partial charge < -0.3 is 10.6 Å². The average Bonchev–Trinajstić information content (AvgIpc) is 2.53. The summed E-state index contributed by atoms with van der Waals surface area (Å²) in [7, 11) is 1.80. The Morgan fingerprint density at radius 1 is 1.30 bits per heavy atom. The van der Waals surface area contributed by atoms with Crippen molar-refractivity contribution in [2.24, 2.45) is 11.8 Å². The minimum Gasteiger partial charge on any atom is -0.373 e. The van der Waals surface area contributed by atoms with Gasteiger partial charge in [0.25, 0.3) is 5.91 Å². The van der Waals surface area contributed by atoms with Crippen molar-refractivity contribution in [1.82, 2.24) is 10.3 Å². The summed E-state index contributed by atoms with van der Waals surface area (Å²) in [6.07, 6.45) is 8.08. The number of pyridine rings is 1. The third-order valence-corrected chi connectivity index (χ3v) is 4.37. The second-order valence-electron chi connectivity index (χ2n) is 5.68. The highest BCUT2D eigenvalue weighted by Crippen LogP contribution is 2.30. The average molecular weight is 275 g/mol. The molecule has 2 N–H and O–H groups in total. The fourth-order valence-corrected chi connectivity index (χ4v) is 2.89. The number of hydrogen-bond acceptors (Lipinski definition) is 3. The lowest BCUT2D eigenvalue weighted by Gasteiger charge is -2.27. The van der Waals surface area contributed by atoms with Gasteiger partial charge in [-0.15, -0.1) is 0 Å². The predicted molar refractivity (Wildman–Crippen MR) is 81.9 cm³/mol. The van der Waals surface area contributed by atoms with Gasteiger partial charge in [-0.1, -0.05) is 26.2 Å². The number of amides is 1. The summed E-state index contributed by atoms with van der Waals surface area (Å²) in [6, 6.07) is 3.54. The molecule has 0 bridgehead atoms. The van der Waals surface area contributed by atoms with E-state index < -0.39 is 0 Å². The van der Waals surface area contributed by atoms with Crippen molar-refractivity contribution in [3.8, 4) is 0 Å². The quantitative estimate of drug-likeness (QED) is 0.868. The first-order valence-electron chi connectivity index (χ1n) is 7.65. The number of anilines is 1. The molecule has 2 rings (SSSR count). The van der Waals surface area contributed by atoms with E-state index in [0.717, 1.165) is 18.3 Å². The van der Waals surface area contributed by atoms with Gasteiger partial charge in [0.05, 0.1) is 0 Å². The van der Waals surface area contributed by atoms with Gasteiger partial charge in [-0.05, 0) is 36.8 Å². The van der Waals surface area contributed by atoms with E-state index in [9.17, 15) is 4.79 Å². The van der Waals surface area contributed by atoms with Gasteiger partial charge in [0, 0.05) is 25.4 Å². The van der Waals surface area contributed by atoms with Crippen LogP contribution in [-0.4, -0.2) is 24.5 Å². The summed E-state index contributed by atoms with van der Waals surface area (Å²) < 4.78 is 0. The van der Waals surface area contributed by atoms with Crippen LogP contribution in [0.5, 0.6) is 0 Å². The first-order chi connectivity index (χ1) is 9.72. The Morgan fingerprint density at radius 2 is 2.00 bits per heavy atom. The molecule has 0 aromatic carbocycles. The van der Waals surface area contributed by atoms with Crippen LogP contribution in [0.3, 0.4) is 0 Å². The Labute approximate surface area is 121 Å². The largest absolute Gasteiger partial charge is 0.373 e. The third kappa shape index (κ3) is 3.95. The van der Waals surface area contributed by atoms with Crippen molar-refractivity contribution >= 4 is 11.7 Å². The van der Waals surface area contributed by atoms with E-state index in [1.807, 2.05) is 0 Å². The zero-order chi connectivity index (χ0) is 14.4. The Hall–Kier alpha value is -1.58. The molecule has 20 heavy (non-hydrogen) atoms. The van der Waals surface area contributed by atoms with Crippen LogP contribution in [0.2, 0.25) is 0 Å². The van der Waals surface area contributed by atoms with Crippen LogP contribution in [0, 0.1) is 11.8 Å². The zero-order valence-corrected chi connectivity index (χ0v) is 12.5. The molecular formula is C16H25N3O. The lowest BCUT2D eigenvalue weighted by molar-refractivity contribution is 0.0941. The molecule has 4 heteroatoms. The van der Waals surface area contributed by atoms with Crippen LogP contribution in [0.25, 0.3) is 0 Å². The zero-order valence-electron chi connectivity index (χ0n) is 12.5. The summed E-state index contributed by atoms with van der Waals surface area (Å²) in [5.74, 6) is 2.27. The lowest BCUT2D eigenvalue weighted by atomic mass is 9.81. The van der Waals surface area contributed by atoms with Gasteiger partial charge in [0.2, 0.25) is 0 Å². The monoisotopic (exact) mass is 275 g/mol. The molecule has 0 atom stereocenters. The van der Waals surface area contributed by atoms with Crippen LogP contribution < -0.4 is 10.6 Å². The van der Waals surface area contributed by atoms with Gasteiger partial charge in [-0.2, -0.15) is 0 Å². The minimum absolute atomic E-state index is 0.00140. The molecule has 1 aliphatic rings. The molecule has 1 aromatic heterocycles. The van der Waals surface area contributed by atoms with Crippen LogP contribution in [0.1, 0.15) is 49.4 Å². The minimum atomic E-state index is 0.00140. The Morgan fingerprint density at radius 3 is 2.65 bits per heavy atom. The number of rotatable bonds is 5. The molecule has 0 spiro atoms. The fraction of sp³-hybridized carbons (Fsp3) is 0.625. The number of nitrogens with zero attached hydrogens (tertiary/aromatic N) is 1. The van der Waals surface area contributed by atoms with Crippen molar-refractivity contribution in [3.05, 3.63) is 23.9 Å². The summed E-state index contributed by atoms with van der Waals surface area (Å²) in [6.45, 7) is 3.07. The van der Waals surface area contributed by atoms with Gasteiger partial charge in [-0.25, -0.2) is 4.98 Å². The van der Waals surface area contributed by atoms with Crippen molar-refractivity contribution in [3.63, 3.8) is 0 Å². The summed E-state index contributed by atoms with van der Waals surface area (Å²) >= 11 is 0. The highest BCUT2D eigenvalue weighted by Gasteiger charge is 2.20. The first kappa shape index (κ1) is 14.8. The molecular weight excluding hydrogens is 250 g/mol. The molecule has 0 saturated heterocycles. The van der Waals surface area contributed by atoms with E-state index in [1.165, 1.54) is 32.1 Å². The first-order valence-corrected chi connectivity index (χ1v) is 7.65. The van der Waals surface area contributed by atoms with Crippen LogP contribution in [0.15, 0.2) is 18.3 Å². The number of hydrogen-bond donors (Lipinski definition) is 2. The molecule has 1 saturated carbocycles. The Balaban J connectivity index is 1.80. The third-order valence-electron chi connectivity index (χ3n) is 4.37. The topological polar surface area (TPSA) is 54.0 Å². The predicted octanol–water partition coefficient (Wildman–Crippen LogP) is 3.07. The van der Waals surface area contributed by atoms with E-state index in [1.54, 1.807) is 25.4 Å². The standard InChI is InChI=1S/C16H25N3O/c1-3-12-4-6-13(7-5-12)11-19-16(20)14-8-9-18-15(10-14)17-2/h8-10,12-13H,3-7,11H2,1-2H3,(H,17,18)(H,19,20). The van der Waals surface area contributed by atoms with Crippen LogP contribution in [-0.2, 0) is 0 Å². The summed E-state index contributed by atoms with van der Waals surface area (Å²) in [5, 5.41) is 6.01. The highest BCUT2D eigenvalue weighted by atomic mass is 16.1. The summed E-state index contributed by atoms with van der Waals surface area (Å²) in [4.78, 5) is 16.2. The molecule has 0 unspecified atom stereocenters. The Bertz CT molecular complexity index is 439. The van der Waals surface area contributed by atoms with E-state index >= 15 is 0 Å². The van der Waals surface area contributed by atoms with Crippen molar-refractivity contribution in [2.45, 2.75) is 39.0 Å². The number of nitrogens with one attached hydrogen (secondary N) is 2. The van der Waals surface area contributed by atoms with Crippen LogP contribution in [0.4, 0.5) is 5.82 Å². The number of carbonyl (C=O) groups is 1. The van der Waals surface area contributed by atoms with Crippen molar-refractivity contribution < 1.29 is 4.79 Å². The maximum Gasteiger partial charge on any atom is 0.251 e. The number of aromatic nitrogens is 1. The molecule has 1 aromatic rings. The maximum absolute atomic E-state index is 12.1. The fourth-order valence-electron chi connectivity index (χ4n) is 2.89. The lowest BCUT2D eigenvalue weighted by Crippen LogP contribution is -2.31. The SMILES string of the molecule is CCC1CCC(CNC(=O)c2ccnc(NC)c2)CC1. The van der Waals surface area contributed by atoms with E-state index in [4.69, 9.17) is 0 Å². The van der Waals surface area contributed by atoms with Crippen LogP contribution >= 0.6 is 0 Å². The second kappa shape index (κ2) is 7.27. The maximum atomic E-state index is 12.1. The molecule has 1 heterocycles. The molecule has 4 nitrogen and oxygen atoms in total. The molecule has 1 amide bonds. The van der Waals surface area contributed by atoms with E-state index in [2.05, 4.69) is 22.5 Å². The molecule has 1 fully saturated rings. The molecule has 0 aliphatic heterocycles. The smallest absolute Gasteiger partial charge is 0.251 e. The molecule has 110 valence electrons. The van der Waals surface area contributed by atoms with Gasteiger partial charge in [-0.3, -0.25) is 4.79 Å². The van der Waals surface area contributed by atoms with Gasteiger partial charge in [0.15, 0.2) is 0 Å².